The normalized spacial score (nSPS) is 16.6. The lowest BCUT2D eigenvalue weighted by molar-refractivity contribution is 0.120. The summed E-state index contributed by atoms with van der Waals surface area (Å²) < 4.78 is 19.7. The Morgan fingerprint density at radius 1 is 1.22 bits per heavy atom. The Kier molecular flexibility index (Phi) is 5.36. The highest BCUT2D eigenvalue weighted by atomic mass is 32.1. The molecule has 2 aromatic carbocycles. The molecule has 0 saturated carbocycles. The van der Waals surface area contributed by atoms with Gasteiger partial charge in [0.15, 0.2) is 5.13 Å². The summed E-state index contributed by atoms with van der Waals surface area (Å²) in [5.41, 5.74) is 9.62. The zero-order valence-corrected chi connectivity index (χ0v) is 15.8. The second-order valence-electron chi connectivity index (χ2n) is 6.77. The van der Waals surface area contributed by atoms with E-state index < -0.39 is 0 Å². The molecule has 4 rings (SSSR count). The molecule has 0 amide bonds. The summed E-state index contributed by atoms with van der Waals surface area (Å²) in [5.74, 6) is -0.302. The van der Waals surface area contributed by atoms with Crippen LogP contribution in [-0.2, 0) is 11.2 Å². The molecule has 27 heavy (non-hydrogen) atoms. The van der Waals surface area contributed by atoms with Crippen LogP contribution in [0.3, 0.4) is 0 Å². The van der Waals surface area contributed by atoms with Gasteiger partial charge < -0.3 is 15.8 Å². The third-order valence-corrected chi connectivity index (χ3v) is 5.55. The second-order valence-corrected chi connectivity index (χ2v) is 7.63. The van der Waals surface area contributed by atoms with Gasteiger partial charge in [0.2, 0.25) is 0 Å². The fourth-order valence-electron chi connectivity index (χ4n) is 3.25. The van der Waals surface area contributed by atoms with Crippen molar-refractivity contribution in [3.8, 4) is 11.1 Å². The molecular weight excluding hydrogens is 361 g/mol. The minimum atomic E-state index is -0.302. The Bertz CT molecular complexity index is 904. The average Bonchev–Trinajstić information content (AvgIpc) is 3.33. The van der Waals surface area contributed by atoms with Crippen LogP contribution in [0.4, 0.5) is 15.2 Å². The minimum Gasteiger partial charge on any atom is -0.399 e. The number of rotatable bonds is 6. The molecule has 2 heterocycles. The number of hydrogen-bond acceptors (Lipinski definition) is 5. The maximum Gasteiger partial charge on any atom is 0.182 e. The lowest BCUT2D eigenvalue weighted by atomic mass is 10.0. The van der Waals surface area contributed by atoms with E-state index in [1.165, 1.54) is 6.07 Å². The van der Waals surface area contributed by atoms with Crippen LogP contribution in [0.2, 0.25) is 0 Å². The number of halogens is 1. The Balaban J connectivity index is 1.38. The number of nitrogens with two attached hydrogens (primary N) is 1. The number of nitrogens with zero attached hydrogens (tertiary/aromatic N) is 1. The smallest absolute Gasteiger partial charge is 0.182 e. The highest BCUT2D eigenvalue weighted by Gasteiger charge is 2.15. The molecule has 1 atom stereocenters. The molecule has 0 aliphatic carbocycles. The zero-order valence-electron chi connectivity index (χ0n) is 15.0. The Labute approximate surface area is 162 Å². The summed E-state index contributed by atoms with van der Waals surface area (Å²) >= 11 is 1.62. The minimum absolute atomic E-state index is 0.302. The summed E-state index contributed by atoms with van der Waals surface area (Å²) in [7, 11) is 0. The van der Waals surface area contributed by atoms with Crippen LogP contribution in [0.25, 0.3) is 11.1 Å². The first-order chi connectivity index (χ1) is 13.2. The largest absolute Gasteiger partial charge is 0.399 e. The van der Waals surface area contributed by atoms with Gasteiger partial charge in [-0.3, -0.25) is 0 Å². The van der Waals surface area contributed by atoms with Gasteiger partial charge >= 0.3 is 0 Å². The van der Waals surface area contributed by atoms with E-state index in [2.05, 4.69) is 15.7 Å². The van der Waals surface area contributed by atoms with Crippen molar-refractivity contribution in [2.45, 2.75) is 25.4 Å². The van der Waals surface area contributed by atoms with Gasteiger partial charge in [0.1, 0.15) is 5.82 Å². The first kappa shape index (κ1) is 17.9. The molecule has 140 valence electrons. The van der Waals surface area contributed by atoms with Crippen LogP contribution < -0.4 is 11.1 Å². The molecule has 1 aromatic heterocycles. The number of hydrogen-bond donors (Lipinski definition) is 2. The van der Waals surface area contributed by atoms with Crippen molar-refractivity contribution in [3.05, 3.63) is 64.9 Å². The van der Waals surface area contributed by atoms with Gasteiger partial charge in [0.05, 0.1) is 11.8 Å². The third-order valence-electron chi connectivity index (χ3n) is 4.70. The van der Waals surface area contributed by atoms with Crippen LogP contribution in [-0.4, -0.2) is 24.2 Å². The van der Waals surface area contributed by atoms with E-state index in [4.69, 9.17) is 10.5 Å². The predicted molar refractivity (Wildman–Crippen MR) is 109 cm³/mol. The van der Waals surface area contributed by atoms with Crippen LogP contribution in [0.1, 0.15) is 24.1 Å². The number of aromatic nitrogens is 1. The zero-order chi connectivity index (χ0) is 18.6. The lowest BCUT2D eigenvalue weighted by Gasteiger charge is -2.09. The van der Waals surface area contributed by atoms with Gasteiger partial charge in [-0.25, -0.2) is 9.37 Å². The molecule has 4 nitrogen and oxygen atoms in total. The SMILES string of the molecule is Nc1ccc(-c2ccc(Cc3csc(NCC4CCCO4)n3)cc2)c(F)c1. The van der Waals surface area contributed by atoms with Crippen molar-refractivity contribution in [3.63, 3.8) is 0 Å². The van der Waals surface area contributed by atoms with Crippen LogP contribution in [0.15, 0.2) is 47.8 Å². The van der Waals surface area contributed by atoms with E-state index in [0.29, 0.717) is 17.4 Å². The van der Waals surface area contributed by atoms with E-state index in [0.717, 1.165) is 54.4 Å². The van der Waals surface area contributed by atoms with Gasteiger partial charge in [-0.1, -0.05) is 24.3 Å². The van der Waals surface area contributed by atoms with Crippen molar-refractivity contribution < 1.29 is 9.13 Å². The molecule has 1 saturated heterocycles. The topological polar surface area (TPSA) is 60.2 Å². The number of benzene rings is 2. The number of nitrogen functional groups attached to an aromatic ring is 1. The molecule has 0 bridgehead atoms. The molecule has 1 aliphatic rings. The fraction of sp³-hybridized carbons (Fsp3) is 0.286. The average molecular weight is 383 g/mol. The van der Waals surface area contributed by atoms with Crippen LogP contribution in [0, 0.1) is 5.82 Å². The van der Waals surface area contributed by atoms with E-state index >= 15 is 0 Å². The van der Waals surface area contributed by atoms with Gasteiger partial charge in [0.25, 0.3) is 0 Å². The summed E-state index contributed by atoms with van der Waals surface area (Å²) in [6.45, 7) is 1.68. The highest BCUT2D eigenvalue weighted by Crippen LogP contribution is 2.26. The van der Waals surface area contributed by atoms with Crippen molar-refractivity contribution in [2.75, 3.05) is 24.2 Å². The van der Waals surface area contributed by atoms with Gasteiger partial charge in [0, 0.05) is 36.2 Å². The summed E-state index contributed by atoms with van der Waals surface area (Å²) in [5, 5.41) is 6.37. The highest BCUT2D eigenvalue weighted by molar-refractivity contribution is 7.13. The predicted octanol–water partition coefficient (Wildman–Crippen LogP) is 4.71. The summed E-state index contributed by atoms with van der Waals surface area (Å²) in [4.78, 5) is 4.65. The van der Waals surface area contributed by atoms with Crippen molar-refractivity contribution in [1.29, 1.82) is 0 Å². The molecule has 1 fully saturated rings. The third kappa shape index (κ3) is 4.46. The monoisotopic (exact) mass is 383 g/mol. The summed E-state index contributed by atoms with van der Waals surface area (Å²) in [6, 6.07) is 12.7. The maximum atomic E-state index is 14.1. The second kappa shape index (κ2) is 8.06. The molecular formula is C21H22FN3OS. The first-order valence-electron chi connectivity index (χ1n) is 9.11. The summed E-state index contributed by atoms with van der Waals surface area (Å²) in [6.07, 6.45) is 3.32. The van der Waals surface area contributed by atoms with Crippen molar-refractivity contribution >= 4 is 22.2 Å². The molecule has 6 heteroatoms. The number of thiazole rings is 1. The van der Waals surface area contributed by atoms with Gasteiger partial charge in [-0.2, -0.15) is 0 Å². The molecule has 0 radical (unpaired) electrons. The molecule has 0 spiro atoms. The van der Waals surface area contributed by atoms with E-state index in [-0.39, 0.29) is 5.82 Å². The molecule has 3 aromatic rings. The fourth-order valence-corrected chi connectivity index (χ4v) is 3.97. The maximum absolute atomic E-state index is 14.1. The molecule has 3 N–H and O–H groups in total. The number of ether oxygens (including phenoxy) is 1. The van der Waals surface area contributed by atoms with Crippen LogP contribution >= 0.6 is 11.3 Å². The van der Waals surface area contributed by atoms with E-state index in [1.807, 2.05) is 24.3 Å². The van der Waals surface area contributed by atoms with E-state index in [9.17, 15) is 4.39 Å². The van der Waals surface area contributed by atoms with Gasteiger partial charge in [-0.15, -0.1) is 11.3 Å². The van der Waals surface area contributed by atoms with Gasteiger partial charge in [-0.05, 0) is 42.2 Å². The van der Waals surface area contributed by atoms with Crippen molar-refractivity contribution in [2.24, 2.45) is 0 Å². The molecule has 1 aliphatic heterocycles. The number of anilines is 2. The van der Waals surface area contributed by atoms with E-state index in [1.54, 1.807) is 23.5 Å². The Hall–Kier alpha value is -2.44. The first-order valence-corrected chi connectivity index (χ1v) is 9.99. The molecule has 1 unspecified atom stereocenters. The standard InChI is InChI=1S/C21H22FN3OS/c22-20-11-16(23)7-8-19(20)15-5-3-14(4-6-15)10-17-13-27-21(25-17)24-12-18-2-1-9-26-18/h3-8,11,13,18H,1-2,9-10,12,23H2,(H,24,25). The Morgan fingerprint density at radius 3 is 2.81 bits per heavy atom. The lowest BCUT2D eigenvalue weighted by Crippen LogP contribution is -2.18. The van der Waals surface area contributed by atoms with Crippen molar-refractivity contribution in [1.82, 2.24) is 4.98 Å². The quantitative estimate of drug-likeness (QED) is 0.605. The van der Waals surface area contributed by atoms with Crippen LogP contribution in [0.5, 0.6) is 0 Å². The number of nitrogens with one attached hydrogen (secondary N) is 1. The Morgan fingerprint density at radius 2 is 2.07 bits per heavy atom.